The third kappa shape index (κ3) is 3.92. The second kappa shape index (κ2) is 6.17. The smallest absolute Gasteiger partial charge is 0.0195 e. The molecule has 0 spiro atoms. The maximum absolute atomic E-state index is 3.79. The third-order valence-corrected chi connectivity index (χ3v) is 2.59. The lowest BCUT2D eigenvalue weighted by Gasteiger charge is -2.22. The molecule has 2 nitrogen and oxygen atoms in total. The number of hydrogen-bond donors (Lipinski definition) is 1. The Balaban J connectivity index is 2.34. The van der Waals surface area contributed by atoms with Crippen molar-refractivity contribution in [2.45, 2.75) is 32.2 Å². The fourth-order valence-corrected chi connectivity index (χ4v) is 1.97. The standard InChI is InChI=1S/C11H22N2/c1-3-6-11-10-13(8-4-2)9-5-7-12-11/h4,11-12H,2-3,5-10H2,1H3. The molecule has 0 aromatic rings. The Morgan fingerprint density at radius 1 is 1.62 bits per heavy atom. The van der Waals surface area contributed by atoms with Crippen molar-refractivity contribution in [1.29, 1.82) is 0 Å². The van der Waals surface area contributed by atoms with E-state index in [2.05, 4.69) is 23.7 Å². The molecule has 0 aromatic heterocycles. The molecule has 1 fully saturated rings. The number of rotatable bonds is 4. The zero-order valence-corrected chi connectivity index (χ0v) is 8.76. The van der Waals surface area contributed by atoms with Gasteiger partial charge in [-0.25, -0.2) is 0 Å². The summed E-state index contributed by atoms with van der Waals surface area (Å²) in [6.45, 7) is 10.7. The molecule has 1 aliphatic rings. The van der Waals surface area contributed by atoms with Crippen molar-refractivity contribution >= 4 is 0 Å². The predicted octanol–water partition coefficient (Wildman–Crippen LogP) is 1.64. The Kier molecular flexibility index (Phi) is 5.09. The number of hydrogen-bond acceptors (Lipinski definition) is 2. The molecule has 1 N–H and O–H groups in total. The van der Waals surface area contributed by atoms with Crippen molar-refractivity contribution in [3.63, 3.8) is 0 Å². The van der Waals surface area contributed by atoms with Gasteiger partial charge in [0.1, 0.15) is 0 Å². The minimum atomic E-state index is 0.701. The van der Waals surface area contributed by atoms with E-state index in [-0.39, 0.29) is 0 Å². The summed E-state index contributed by atoms with van der Waals surface area (Å²) >= 11 is 0. The van der Waals surface area contributed by atoms with Gasteiger partial charge in [0.2, 0.25) is 0 Å². The molecule has 0 amide bonds. The Hall–Kier alpha value is -0.340. The zero-order chi connectivity index (χ0) is 9.52. The second-order valence-corrected chi connectivity index (χ2v) is 3.84. The van der Waals surface area contributed by atoms with Gasteiger partial charge in [0.15, 0.2) is 0 Å². The van der Waals surface area contributed by atoms with Crippen LogP contribution in [0.2, 0.25) is 0 Å². The number of nitrogens with zero attached hydrogens (tertiary/aromatic N) is 1. The second-order valence-electron chi connectivity index (χ2n) is 3.84. The highest BCUT2D eigenvalue weighted by molar-refractivity contribution is 4.80. The lowest BCUT2D eigenvalue weighted by molar-refractivity contribution is 0.288. The van der Waals surface area contributed by atoms with Crippen LogP contribution in [0.1, 0.15) is 26.2 Å². The molecular formula is C11H22N2. The fourth-order valence-electron chi connectivity index (χ4n) is 1.97. The molecule has 1 rings (SSSR count). The summed E-state index contributed by atoms with van der Waals surface area (Å²) in [7, 11) is 0. The van der Waals surface area contributed by atoms with Gasteiger partial charge in [-0.05, 0) is 25.9 Å². The maximum Gasteiger partial charge on any atom is 0.0195 e. The van der Waals surface area contributed by atoms with Crippen LogP contribution in [0.5, 0.6) is 0 Å². The van der Waals surface area contributed by atoms with Crippen molar-refractivity contribution in [3.05, 3.63) is 12.7 Å². The summed E-state index contributed by atoms with van der Waals surface area (Å²) in [5, 5.41) is 3.59. The highest BCUT2D eigenvalue weighted by Gasteiger charge is 2.15. The van der Waals surface area contributed by atoms with Gasteiger partial charge in [-0.3, -0.25) is 4.90 Å². The van der Waals surface area contributed by atoms with Crippen LogP contribution in [-0.4, -0.2) is 37.1 Å². The molecule has 76 valence electrons. The lowest BCUT2D eigenvalue weighted by atomic mass is 10.1. The first-order valence-electron chi connectivity index (χ1n) is 5.43. The van der Waals surface area contributed by atoms with E-state index in [4.69, 9.17) is 0 Å². The van der Waals surface area contributed by atoms with Crippen molar-refractivity contribution in [2.75, 3.05) is 26.2 Å². The molecule has 1 aliphatic heterocycles. The summed E-state index contributed by atoms with van der Waals surface area (Å²) in [6.07, 6.45) is 5.86. The molecule has 1 heterocycles. The van der Waals surface area contributed by atoms with Crippen LogP contribution in [0.4, 0.5) is 0 Å². The van der Waals surface area contributed by atoms with Gasteiger partial charge in [0, 0.05) is 19.1 Å². The molecule has 0 bridgehead atoms. The highest BCUT2D eigenvalue weighted by Crippen LogP contribution is 2.05. The molecule has 0 aliphatic carbocycles. The topological polar surface area (TPSA) is 15.3 Å². The van der Waals surface area contributed by atoms with Crippen LogP contribution in [0.15, 0.2) is 12.7 Å². The van der Waals surface area contributed by atoms with Gasteiger partial charge in [-0.2, -0.15) is 0 Å². The highest BCUT2D eigenvalue weighted by atomic mass is 15.2. The van der Waals surface area contributed by atoms with E-state index in [1.165, 1.54) is 38.9 Å². The monoisotopic (exact) mass is 182 g/mol. The van der Waals surface area contributed by atoms with Crippen molar-refractivity contribution < 1.29 is 0 Å². The molecule has 0 aromatic carbocycles. The van der Waals surface area contributed by atoms with Crippen LogP contribution in [0.25, 0.3) is 0 Å². The first-order valence-corrected chi connectivity index (χ1v) is 5.43. The average Bonchev–Trinajstić information content (AvgIpc) is 2.32. The minimum absolute atomic E-state index is 0.701. The van der Waals surface area contributed by atoms with Gasteiger partial charge in [-0.1, -0.05) is 19.4 Å². The van der Waals surface area contributed by atoms with Crippen LogP contribution in [0.3, 0.4) is 0 Å². The summed E-state index contributed by atoms with van der Waals surface area (Å²) in [5.41, 5.74) is 0. The fraction of sp³-hybridized carbons (Fsp3) is 0.818. The van der Waals surface area contributed by atoms with Crippen LogP contribution in [-0.2, 0) is 0 Å². The van der Waals surface area contributed by atoms with Crippen LogP contribution >= 0.6 is 0 Å². The Morgan fingerprint density at radius 3 is 3.15 bits per heavy atom. The SMILES string of the molecule is C=CCN1CCCNC(CCC)C1. The molecule has 1 unspecified atom stereocenters. The van der Waals surface area contributed by atoms with Crippen molar-refractivity contribution in [1.82, 2.24) is 10.2 Å². The molecule has 1 saturated heterocycles. The third-order valence-electron chi connectivity index (χ3n) is 2.59. The van der Waals surface area contributed by atoms with Gasteiger partial charge < -0.3 is 5.32 Å². The Labute approximate surface area is 82.0 Å². The molecule has 0 saturated carbocycles. The van der Waals surface area contributed by atoms with E-state index in [1.54, 1.807) is 0 Å². The van der Waals surface area contributed by atoms with E-state index in [0.717, 1.165) is 6.54 Å². The molecule has 1 atom stereocenters. The lowest BCUT2D eigenvalue weighted by Crippen LogP contribution is -2.37. The van der Waals surface area contributed by atoms with Crippen LogP contribution in [0, 0.1) is 0 Å². The van der Waals surface area contributed by atoms with Gasteiger partial charge in [-0.15, -0.1) is 6.58 Å². The van der Waals surface area contributed by atoms with Gasteiger partial charge in [0.25, 0.3) is 0 Å². The minimum Gasteiger partial charge on any atom is -0.313 e. The van der Waals surface area contributed by atoms with E-state index in [1.807, 2.05) is 6.08 Å². The van der Waals surface area contributed by atoms with Crippen LogP contribution < -0.4 is 5.32 Å². The Morgan fingerprint density at radius 2 is 2.46 bits per heavy atom. The quantitative estimate of drug-likeness (QED) is 0.665. The first-order chi connectivity index (χ1) is 6.36. The van der Waals surface area contributed by atoms with Crippen molar-refractivity contribution in [3.8, 4) is 0 Å². The normalized spacial score (nSPS) is 25.5. The summed E-state index contributed by atoms with van der Waals surface area (Å²) < 4.78 is 0. The van der Waals surface area contributed by atoms with Gasteiger partial charge in [0.05, 0.1) is 0 Å². The largest absolute Gasteiger partial charge is 0.313 e. The molecular weight excluding hydrogens is 160 g/mol. The molecule has 2 heteroatoms. The summed E-state index contributed by atoms with van der Waals surface area (Å²) in [4.78, 5) is 2.49. The van der Waals surface area contributed by atoms with E-state index in [9.17, 15) is 0 Å². The summed E-state index contributed by atoms with van der Waals surface area (Å²) in [6, 6.07) is 0.701. The zero-order valence-electron chi connectivity index (χ0n) is 8.76. The first kappa shape index (κ1) is 10.7. The van der Waals surface area contributed by atoms with E-state index < -0.39 is 0 Å². The van der Waals surface area contributed by atoms with E-state index in [0.29, 0.717) is 6.04 Å². The number of nitrogens with one attached hydrogen (secondary N) is 1. The van der Waals surface area contributed by atoms with E-state index >= 15 is 0 Å². The molecule has 0 radical (unpaired) electrons. The Bertz CT molecular complexity index is 145. The average molecular weight is 182 g/mol. The van der Waals surface area contributed by atoms with Gasteiger partial charge >= 0.3 is 0 Å². The predicted molar refractivity (Wildman–Crippen MR) is 58.0 cm³/mol. The molecule has 13 heavy (non-hydrogen) atoms. The summed E-state index contributed by atoms with van der Waals surface area (Å²) in [5.74, 6) is 0. The van der Waals surface area contributed by atoms with Crippen molar-refractivity contribution in [2.24, 2.45) is 0 Å². The maximum atomic E-state index is 3.79.